The van der Waals surface area contributed by atoms with Crippen LogP contribution in [0, 0.1) is 0 Å². The Balaban J connectivity index is 0.000000332. The molecule has 2 nitrogen and oxygen atoms in total. The summed E-state index contributed by atoms with van der Waals surface area (Å²) in [6.45, 7) is 5.93. The van der Waals surface area contributed by atoms with Crippen LogP contribution in [0.4, 0.5) is 0 Å². The van der Waals surface area contributed by atoms with Crippen LogP contribution in [0.2, 0.25) is 44.9 Å². The van der Waals surface area contributed by atoms with E-state index in [1.807, 2.05) is 0 Å². The lowest BCUT2D eigenvalue weighted by Gasteiger charge is -1.98. The molecule has 0 saturated heterocycles. The minimum absolute atomic E-state index is 0.279. The van der Waals surface area contributed by atoms with E-state index in [1.54, 1.807) is 12.1 Å². The van der Waals surface area contributed by atoms with Crippen LogP contribution < -0.4 is 0 Å². The van der Waals surface area contributed by atoms with E-state index in [4.69, 9.17) is 58.0 Å². The van der Waals surface area contributed by atoms with Crippen LogP contribution in [0.15, 0.2) is 29.1 Å². The first-order chi connectivity index (χ1) is 10.4. The summed E-state index contributed by atoms with van der Waals surface area (Å²) in [5.41, 5.74) is 0. The van der Waals surface area contributed by atoms with Gasteiger partial charge in [-0.15, -0.1) is 15.3 Å². The van der Waals surface area contributed by atoms with E-state index in [1.165, 1.54) is 12.4 Å². The predicted octanol–water partition coefficient (Wildman–Crippen LogP) is 8.41. The third-order valence-electron chi connectivity index (χ3n) is 1.53. The molecule has 0 aliphatic heterocycles. The van der Waals surface area contributed by atoms with Crippen LogP contribution in [0.25, 0.3) is 0 Å². The molecule has 0 saturated carbocycles. The maximum Gasteiger partial charge on any atom is 0.147 e. The lowest BCUT2D eigenvalue weighted by Crippen LogP contribution is -2.05. The second kappa shape index (κ2) is 11.5. The van der Waals surface area contributed by atoms with Crippen molar-refractivity contribution in [3.8, 4) is 0 Å². The Morgan fingerprint density at radius 2 is 1.22 bits per heavy atom. The van der Waals surface area contributed by atoms with Gasteiger partial charge < -0.3 is 0 Å². The van der Waals surface area contributed by atoms with E-state index in [-0.39, 0.29) is 5.15 Å². The van der Waals surface area contributed by atoms with Gasteiger partial charge in [-0.3, -0.25) is 0 Å². The van der Waals surface area contributed by atoms with Crippen molar-refractivity contribution in [1.29, 1.82) is 0 Å². The van der Waals surface area contributed by atoms with Gasteiger partial charge in [0.15, 0.2) is 0 Å². The molecule has 0 aliphatic rings. The predicted molar refractivity (Wildman–Crippen MR) is 113 cm³/mol. The molecule has 23 heavy (non-hydrogen) atoms. The average molecular weight is 562 g/mol. The fourth-order valence-electron chi connectivity index (χ4n) is 0.796. The van der Waals surface area contributed by atoms with Gasteiger partial charge in [0.2, 0.25) is 0 Å². The highest BCUT2D eigenvalue weighted by molar-refractivity contribution is 9.26. The van der Waals surface area contributed by atoms with E-state index < -0.39 is 6.69 Å². The Morgan fingerprint density at radius 3 is 1.52 bits per heavy atom. The highest BCUT2D eigenvalue weighted by Gasteiger charge is 2.03. The molecule has 0 atom stereocenters. The number of rotatable bonds is 0. The molecule has 0 unspecified atom stereocenters. The number of hydrogen-bond donors (Lipinski definition) is 0. The van der Waals surface area contributed by atoms with Gasteiger partial charge in [0, 0.05) is 12.4 Å². The van der Waals surface area contributed by atoms with Crippen molar-refractivity contribution >= 4 is 95.9 Å². The van der Waals surface area contributed by atoms with Gasteiger partial charge in [0.1, 0.15) is 16.4 Å². The third kappa shape index (κ3) is 13.8. The molecule has 2 aromatic heterocycles. The Kier molecular flexibility index (Phi) is 12.0. The highest BCUT2D eigenvalue weighted by atomic mass is 79.9. The van der Waals surface area contributed by atoms with Crippen LogP contribution in [0.5, 0.6) is 0 Å². The van der Waals surface area contributed by atoms with Gasteiger partial charge in [-0.2, -0.15) is 0 Å². The summed E-state index contributed by atoms with van der Waals surface area (Å²) in [6.07, 6.45) is 2.97. The maximum atomic E-state index is 5.62. The van der Waals surface area contributed by atoms with Crippen LogP contribution in [-0.4, -0.2) is 16.7 Å². The minimum Gasteiger partial charge on any atom is -0.246 e. The quantitative estimate of drug-likeness (QED) is 0.183. The van der Waals surface area contributed by atoms with Gasteiger partial charge in [0.25, 0.3) is 0 Å². The van der Waals surface area contributed by atoms with Gasteiger partial charge in [0.05, 0.1) is 20.1 Å². The molecule has 128 valence electrons. The summed E-state index contributed by atoms with van der Waals surface area (Å²) in [4.78, 5) is 7.51. The first kappa shape index (κ1) is 23.9. The largest absolute Gasteiger partial charge is 0.246 e. The van der Waals surface area contributed by atoms with Crippen LogP contribution >= 0.6 is 89.2 Å². The fraction of sp³-hybridized carbons (Fsp3) is 0.231. The van der Waals surface area contributed by atoms with E-state index >= 15 is 0 Å². The maximum absolute atomic E-state index is 5.62. The summed E-state index contributed by atoms with van der Waals surface area (Å²) in [6, 6.07) is 3.17. The number of hydrogen-bond acceptors (Lipinski definition) is 2. The molecule has 0 N–H and O–H groups in total. The lowest BCUT2D eigenvalue weighted by atomic mass is 10.5. The first-order valence-corrected chi connectivity index (χ1v) is 14.5. The van der Waals surface area contributed by atoms with Crippen molar-refractivity contribution in [1.82, 2.24) is 9.97 Å². The van der Waals surface area contributed by atoms with E-state index in [0.29, 0.717) is 24.7 Å². The van der Waals surface area contributed by atoms with E-state index in [0.717, 1.165) is 0 Å². The molecular formula is C13H13Br2Cl5N2Si. The summed E-state index contributed by atoms with van der Waals surface area (Å²) in [5, 5.41) is 2.22. The van der Waals surface area contributed by atoms with Crippen molar-refractivity contribution in [3.05, 3.63) is 54.4 Å². The molecule has 2 heterocycles. The molecule has 0 aromatic carbocycles. The number of aromatic nitrogens is 2. The van der Waals surface area contributed by atoms with Crippen molar-refractivity contribution in [3.63, 3.8) is 0 Å². The van der Waals surface area contributed by atoms with Crippen LogP contribution in [-0.2, 0) is 0 Å². The summed E-state index contributed by atoms with van der Waals surface area (Å²) in [7, 11) is 0. The Bertz CT molecular complexity index is 583. The summed E-state index contributed by atoms with van der Waals surface area (Å²) < 4.78 is 0.619. The van der Waals surface area contributed by atoms with Crippen LogP contribution in [0.3, 0.4) is 0 Å². The lowest BCUT2D eigenvalue weighted by molar-refractivity contribution is 1.28. The molecular weight excluding hydrogens is 549 g/mol. The van der Waals surface area contributed by atoms with Gasteiger partial charge in [-0.05, 0) is 28.1 Å². The second-order valence-electron chi connectivity index (χ2n) is 4.92. The standard InChI is InChI=1S/C5H2BrCl2N.C5H2Cl3N.C3H9BrSi/c6-5-4(8)1-3(7)2-9-5;6-3-1-4(7)5(8)9-2-3;1-5(2,3)4/h2*1-2H;1-3H3. The van der Waals surface area contributed by atoms with Crippen molar-refractivity contribution < 1.29 is 0 Å². The molecule has 2 rings (SSSR count). The smallest absolute Gasteiger partial charge is 0.147 e. The minimum atomic E-state index is -0.799. The Morgan fingerprint density at radius 1 is 0.826 bits per heavy atom. The molecule has 10 heteroatoms. The first-order valence-electron chi connectivity index (χ1n) is 6.02. The zero-order valence-corrected chi connectivity index (χ0v) is 20.3. The van der Waals surface area contributed by atoms with Gasteiger partial charge >= 0.3 is 0 Å². The van der Waals surface area contributed by atoms with E-state index in [9.17, 15) is 0 Å². The van der Waals surface area contributed by atoms with Crippen molar-refractivity contribution in [2.45, 2.75) is 19.6 Å². The normalized spacial score (nSPS) is 10.2. The van der Waals surface area contributed by atoms with Crippen molar-refractivity contribution in [2.75, 3.05) is 0 Å². The number of nitrogens with zero attached hydrogens (tertiary/aromatic N) is 2. The van der Waals surface area contributed by atoms with E-state index in [2.05, 4.69) is 60.8 Å². The molecule has 0 spiro atoms. The fourth-order valence-corrected chi connectivity index (χ4v) is 1.88. The molecule has 0 bridgehead atoms. The van der Waals surface area contributed by atoms with Gasteiger partial charge in [-0.1, -0.05) is 77.6 Å². The Labute approximate surface area is 178 Å². The molecule has 0 radical (unpaired) electrons. The topological polar surface area (TPSA) is 25.8 Å². The zero-order chi connectivity index (χ0) is 18.2. The third-order valence-corrected chi connectivity index (χ3v) is 3.77. The van der Waals surface area contributed by atoms with Crippen LogP contribution in [0.1, 0.15) is 0 Å². The zero-order valence-electron chi connectivity index (χ0n) is 12.3. The van der Waals surface area contributed by atoms with Crippen molar-refractivity contribution in [2.24, 2.45) is 0 Å². The molecule has 0 fully saturated rings. The van der Waals surface area contributed by atoms with Gasteiger partial charge in [-0.25, -0.2) is 9.97 Å². The summed E-state index contributed by atoms with van der Waals surface area (Å²) >= 11 is 34.3. The SMILES string of the molecule is C[Si](C)(C)Br.Clc1cnc(Br)c(Cl)c1.Clc1cnc(Cl)c(Cl)c1. The molecule has 0 amide bonds. The molecule has 0 aliphatic carbocycles. The molecule has 2 aromatic rings. The number of halogens is 7. The number of pyridine rings is 2. The summed E-state index contributed by atoms with van der Waals surface area (Å²) in [5.74, 6) is 0. The Hall–Kier alpha value is 0.927. The highest BCUT2D eigenvalue weighted by Crippen LogP contribution is 2.22. The monoisotopic (exact) mass is 558 g/mol. The second-order valence-corrected chi connectivity index (χ2v) is 19.0. The average Bonchev–Trinajstić information content (AvgIpc) is 2.38.